The molecular formula is C8H16N2O4S2. The Kier molecular flexibility index (Phi) is 5.84. The quantitative estimate of drug-likeness (QED) is 0.515. The smallest absolute Gasteiger partial charge is 0.322 e. The molecule has 0 atom stereocenters. The molecule has 0 rings (SSSR count). The van der Waals surface area contributed by atoms with Gasteiger partial charge in [-0.25, -0.2) is 8.42 Å². The maximum absolute atomic E-state index is 11.8. The Balaban J connectivity index is 4.90. The highest BCUT2D eigenvalue weighted by atomic mass is 32.2. The Morgan fingerprint density at radius 2 is 2.00 bits per heavy atom. The molecule has 94 valence electrons. The molecule has 0 fully saturated rings. The van der Waals surface area contributed by atoms with E-state index >= 15 is 0 Å². The average Bonchev–Trinajstić information content (AvgIpc) is 2.12. The SMILES string of the molecule is COC(=O)CS(=O)(=O)N(CC(N)=S)C(C)C. The molecule has 0 amide bonds. The van der Waals surface area contributed by atoms with Crippen molar-refractivity contribution in [1.82, 2.24) is 4.31 Å². The van der Waals surface area contributed by atoms with Gasteiger partial charge in [0.25, 0.3) is 0 Å². The normalized spacial score (nSPS) is 11.8. The lowest BCUT2D eigenvalue weighted by atomic mass is 10.4. The van der Waals surface area contributed by atoms with Crippen LogP contribution in [0.2, 0.25) is 0 Å². The summed E-state index contributed by atoms with van der Waals surface area (Å²) >= 11 is 4.66. The fourth-order valence-electron chi connectivity index (χ4n) is 1.05. The summed E-state index contributed by atoms with van der Waals surface area (Å²) in [6, 6.07) is -0.323. The molecule has 2 N–H and O–H groups in total. The van der Waals surface area contributed by atoms with Crippen LogP contribution in [-0.4, -0.2) is 49.1 Å². The van der Waals surface area contributed by atoms with E-state index in [1.807, 2.05) is 0 Å². The van der Waals surface area contributed by atoms with Crippen molar-refractivity contribution < 1.29 is 17.9 Å². The van der Waals surface area contributed by atoms with Crippen LogP contribution in [-0.2, 0) is 19.6 Å². The lowest BCUT2D eigenvalue weighted by Crippen LogP contribution is -2.44. The summed E-state index contributed by atoms with van der Waals surface area (Å²) in [5.74, 6) is -1.52. The van der Waals surface area contributed by atoms with Crippen molar-refractivity contribution in [3.8, 4) is 0 Å². The zero-order valence-corrected chi connectivity index (χ0v) is 11.1. The third-order valence-corrected chi connectivity index (χ3v) is 3.77. The molecule has 0 aliphatic heterocycles. The predicted molar refractivity (Wildman–Crippen MR) is 64.4 cm³/mol. The lowest BCUT2D eigenvalue weighted by molar-refractivity contribution is -0.137. The van der Waals surface area contributed by atoms with Gasteiger partial charge in [-0.1, -0.05) is 12.2 Å². The topological polar surface area (TPSA) is 89.7 Å². The van der Waals surface area contributed by atoms with Crippen LogP contribution < -0.4 is 5.73 Å². The Bertz CT molecular complexity index is 364. The maximum atomic E-state index is 11.8. The van der Waals surface area contributed by atoms with Gasteiger partial charge in [-0.3, -0.25) is 4.79 Å². The average molecular weight is 268 g/mol. The zero-order valence-electron chi connectivity index (χ0n) is 9.47. The first kappa shape index (κ1) is 15.3. The minimum Gasteiger partial charge on any atom is -0.468 e. The number of thiocarbonyl (C=S) groups is 1. The molecule has 0 saturated heterocycles. The summed E-state index contributed by atoms with van der Waals surface area (Å²) in [6.45, 7) is 3.27. The van der Waals surface area contributed by atoms with Gasteiger partial charge >= 0.3 is 5.97 Å². The Hall–Kier alpha value is -0.730. The van der Waals surface area contributed by atoms with Crippen LogP contribution in [0.25, 0.3) is 0 Å². The van der Waals surface area contributed by atoms with Gasteiger partial charge in [0.2, 0.25) is 10.0 Å². The van der Waals surface area contributed by atoms with Crippen molar-refractivity contribution >= 4 is 33.2 Å². The fourth-order valence-corrected chi connectivity index (χ4v) is 2.83. The number of hydrogen-bond acceptors (Lipinski definition) is 5. The number of methoxy groups -OCH3 is 1. The number of carbonyl (C=O) groups excluding carboxylic acids is 1. The summed E-state index contributed by atoms with van der Waals surface area (Å²) in [5, 5.41) is 0. The van der Waals surface area contributed by atoms with Crippen LogP contribution in [0.1, 0.15) is 13.8 Å². The molecule has 0 aromatic rings. The lowest BCUT2D eigenvalue weighted by Gasteiger charge is -2.24. The van der Waals surface area contributed by atoms with Gasteiger partial charge in [-0.05, 0) is 13.8 Å². The molecule has 0 heterocycles. The second-order valence-corrected chi connectivity index (χ2v) is 5.88. The number of nitrogens with two attached hydrogens (primary N) is 1. The van der Waals surface area contributed by atoms with E-state index in [2.05, 4.69) is 17.0 Å². The molecule has 0 spiro atoms. The number of sulfonamides is 1. The molecule has 0 bridgehead atoms. The Labute approximate surface area is 101 Å². The van der Waals surface area contributed by atoms with Gasteiger partial charge < -0.3 is 10.5 Å². The monoisotopic (exact) mass is 268 g/mol. The van der Waals surface area contributed by atoms with Crippen LogP contribution in [0.5, 0.6) is 0 Å². The van der Waals surface area contributed by atoms with Crippen molar-refractivity contribution in [2.75, 3.05) is 19.4 Å². The first-order chi connectivity index (χ1) is 7.20. The second kappa shape index (κ2) is 6.12. The van der Waals surface area contributed by atoms with Crippen molar-refractivity contribution in [2.45, 2.75) is 19.9 Å². The minimum absolute atomic E-state index is 0.0575. The molecule has 0 aromatic heterocycles. The molecule has 0 aliphatic rings. The van der Waals surface area contributed by atoms with Gasteiger partial charge in [-0.15, -0.1) is 0 Å². The largest absolute Gasteiger partial charge is 0.468 e. The molecule has 0 saturated carbocycles. The number of ether oxygens (including phenoxy) is 1. The van der Waals surface area contributed by atoms with E-state index in [1.54, 1.807) is 13.8 Å². The van der Waals surface area contributed by atoms with Crippen molar-refractivity contribution in [2.24, 2.45) is 5.73 Å². The van der Waals surface area contributed by atoms with Gasteiger partial charge in [-0.2, -0.15) is 4.31 Å². The molecule has 8 heteroatoms. The standard InChI is InChI=1S/C8H16N2O4S2/c1-6(2)10(4-7(9)15)16(12,13)5-8(11)14-3/h6H,4-5H2,1-3H3,(H2,9,15). The van der Waals surface area contributed by atoms with E-state index in [0.717, 1.165) is 11.4 Å². The van der Waals surface area contributed by atoms with Crippen LogP contribution in [0.3, 0.4) is 0 Å². The highest BCUT2D eigenvalue weighted by Crippen LogP contribution is 2.07. The third kappa shape index (κ3) is 4.86. The van der Waals surface area contributed by atoms with Crippen LogP contribution in [0.4, 0.5) is 0 Å². The molecule has 16 heavy (non-hydrogen) atoms. The van der Waals surface area contributed by atoms with Crippen molar-refractivity contribution in [1.29, 1.82) is 0 Å². The van der Waals surface area contributed by atoms with E-state index in [9.17, 15) is 13.2 Å². The predicted octanol–water partition coefficient (Wildman–Crippen LogP) is -0.514. The molecule has 0 unspecified atom stereocenters. The highest BCUT2D eigenvalue weighted by molar-refractivity contribution is 7.89. The molecule has 0 aromatic carbocycles. The van der Waals surface area contributed by atoms with Crippen molar-refractivity contribution in [3.05, 3.63) is 0 Å². The van der Waals surface area contributed by atoms with Crippen LogP contribution in [0, 0.1) is 0 Å². The third-order valence-electron chi connectivity index (χ3n) is 1.77. The number of esters is 1. The summed E-state index contributed by atoms with van der Waals surface area (Å²) < 4.78 is 29.0. The molecule has 0 radical (unpaired) electrons. The number of nitrogens with zero attached hydrogens (tertiary/aromatic N) is 1. The Morgan fingerprint density at radius 1 is 1.50 bits per heavy atom. The number of hydrogen-bond donors (Lipinski definition) is 1. The molecular weight excluding hydrogens is 252 g/mol. The van der Waals surface area contributed by atoms with E-state index in [1.165, 1.54) is 0 Å². The zero-order chi connectivity index (χ0) is 12.9. The summed E-state index contributed by atoms with van der Waals surface area (Å²) in [4.78, 5) is 11.0. The second-order valence-electron chi connectivity index (χ2n) is 3.44. The molecule has 6 nitrogen and oxygen atoms in total. The van der Waals surface area contributed by atoms with E-state index in [4.69, 9.17) is 5.73 Å². The number of rotatable bonds is 6. The van der Waals surface area contributed by atoms with Gasteiger partial charge in [0.05, 0.1) is 18.6 Å². The van der Waals surface area contributed by atoms with Crippen LogP contribution in [0.15, 0.2) is 0 Å². The van der Waals surface area contributed by atoms with E-state index in [-0.39, 0.29) is 17.6 Å². The minimum atomic E-state index is -3.74. The number of carbonyl (C=O) groups is 1. The van der Waals surface area contributed by atoms with E-state index in [0.29, 0.717) is 0 Å². The first-order valence-corrected chi connectivity index (χ1v) is 6.57. The van der Waals surface area contributed by atoms with Gasteiger partial charge in [0, 0.05) is 6.04 Å². The highest BCUT2D eigenvalue weighted by Gasteiger charge is 2.28. The summed E-state index contributed by atoms with van der Waals surface area (Å²) in [6.07, 6.45) is 0. The van der Waals surface area contributed by atoms with Gasteiger partial charge in [0.1, 0.15) is 0 Å². The Morgan fingerprint density at radius 3 is 2.31 bits per heavy atom. The summed E-state index contributed by atoms with van der Waals surface area (Å²) in [5.41, 5.74) is 5.30. The van der Waals surface area contributed by atoms with E-state index < -0.39 is 21.7 Å². The van der Waals surface area contributed by atoms with Gasteiger partial charge in [0.15, 0.2) is 5.75 Å². The first-order valence-electron chi connectivity index (χ1n) is 4.55. The van der Waals surface area contributed by atoms with Crippen molar-refractivity contribution in [3.63, 3.8) is 0 Å². The maximum Gasteiger partial charge on any atom is 0.322 e. The fraction of sp³-hybridized carbons (Fsp3) is 0.750. The summed E-state index contributed by atoms with van der Waals surface area (Å²) in [7, 11) is -2.61. The molecule has 0 aliphatic carbocycles. The van der Waals surface area contributed by atoms with Crippen LogP contribution >= 0.6 is 12.2 Å².